The van der Waals surface area contributed by atoms with Gasteiger partial charge >= 0.3 is 0 Å². The van der Waals surface area contributed by atoms with Gasteiger partial charge in [-0.2, -0.15) is 5.10 Å². The third kappa shape index (κ3) is 10.1. The maximum Gasteiger partial charge on any atom is 0.240 e. The second-order valence-electron chi connectivity index (χ2n) is 6.53. The lowest BCUT2D eigenvalue weighted by molar-refractivity contribution is -0.121. The minimum absolute atomic E-state index is 0.0620. The smallest absolute Gasteiger partial charge is 0.240 e. The van der Waals surface area contributed by atoms with Crippen LogP contribution >= 0.6 is 0 Å². The van der Waals surface area contributed by atoms with E-state index in [2.05, 4.69) is 17.5 Å². The molecule has 1 amide bonds. The van der Waals surface area contributed by atoms with Crippen molar-refractivity contribution in [2.24, 2.45) is 5.10 Å². The maximum atomic E-state index is 11.8. The van der Waals surface area contributed by atoms with Crippen molar-refractivity contribution in [3.05, 3.63) is 23.8 Å². The maximum absolute atomic E-state index is 11.8. The Hall–Kier alpha value is -2.04. The van der Waals surface area contributed by atoms with Crippen LogP contribution in [0.3, 0.4) is 0 Å². The molecule has 0 aromatic heterocycles. The molecule has 2 N–H and O–H groups in total. The Morgan fingerprint density at radius 2 is 1.73 bits per heavy atom. The lowest BCUT2D eigenvalue weighted by Crippen LogP contribution is -2.16. The van der Waals surface area contributed by atoms with E-state index in [1.165, 1.54) is 44.9 Å². The molecule has 26 heavy (non-hydrogen) atoms. The van der Waals surface area contributed by atoms with Gasteiger partial charge in [0.15, 0.2) is 11.5 Å². The number of benzene rings is 1. The number of hydrogen-bond donors (Lipinski definition) is 2. The molecule has 0 heterocycles. The molecule has 1 rings (SSSR count). The number of hydrogen-bond acceptors (Lipinski definition) is 4. The molecule has 0 aliphatic rings. The molecule has 1 aromatic rings. The molecule has 0 fully saturated rings. The minimum Gasteiger partial charge on any atom is -0.504 e. The zero-order chi connectivity index (χ0) is 19.0. The number of unbranched alkanes of at least 4 members (excludes halogenated alkanes) is 8. The van der Waals surface area contributed by atoms with Gasteiger partial charge in [-0.3, -0.25) is 4.79 Å². The predicted molar refractivity (Wildman–Crippen MR) is 107 cm³/mol. The second kappa shape index (κ2) is 14.2. The lowest BCUT2D eigenvalue weighted by atomic mass is 10.1. The molecule has 0 saturated carbocycles. The molecule has 1 aromatic carbocycles. The quantitative estimate of drug-likeness (QED) is 0.273. The third-order valence-corrected chi connectivity index (χ3v) is 4.19. The summed E-state index contributed by atoms with van der Waals surface area (Å²) in [7, 11) is 0. The molecule has 5 heteroatoms. The highest BCUT2D eigenvalue weighted by Gasteiger charge is 2.03. The molecular formula is C21H34N2O3. The van der Waals surface area contributed by atoms with Crippen LogP contribution in [0, 0.1) is 0 Å². The molecule has 0 saturated heterocycles. The fourth-order valence-electron chi connectivity index (χ4n) is 2.71. The van der Waals surface area contributed by atoms with Gasteiger partial charge in [-0.25, -0.2) is 5.43 Å². The first kappa shape index (κ1) is 22.0. The van der Waals surface area contributed by atoms with Crippen LogP contribution in [0.15, 0.2) is 23.3 Å². The summed E-state index contributed by atoms with van der Waals surface area (Å²) in [5.41, 5.74) is 3.31. The number of phenolic OH excluding ortho intramolecular Hbond substituents is 1. The van der Waals surface area contributed by atoms with Crippen molar-refractivity contribution in [2.45, 2.75) is 78.1 Å². The fraction of sp³-hybridized carbons (Fsp3) is 0.619. The van der Waals surface area contributed by atoms with Crippen LogP contribution in [0.25, 0.3) is 0 Å². The average Bonchev–Trinajstić information content (AvgIpc) is 2.63. The number of carbonyl (C=O) groups excluding carboxylic acids is 1. The van der Waals surface area contributed by atoms with Gasteiger partial charge in [-0.1, -0.05) is 58.3 Å². The lowest BCUT2D eigenvalue weighted by Gasteiger charge is -2.06. The van der Waals surface area contributed by atoms with Gasteiger partial charge in [0, 0.05) is 6.42 Å². The summed E-state index contributed by atoms with van der Waals surface area (Å²) < 4.78 is 5.32. The molecule has 0 bridgehead atoms. The number of hydrazone groups is 1. The molecule has 0 unspecified atom stereocenters. The number of nitrogens with one attached hydrogen (secondary N) is 1. The van der Waals surface area contributed by atoms with Gasteiger partial charge in [0.25, 0.3) is 0 Å². The molecule has 0 aliphatic heterocycles. The third-order valence-electron chi connectivity index (χ3n) is 4.19. The van der Waals surface area contributed by atoms with Crippen molar-refractivity contribution in [3.8, 4) is 11.5 Å². The monoisotopic (exact) mass is 362 g/mol. The Balaban J connectivity index is 2.14. The fourth-order valence-corrected chi connectivity index (χ4v) is 2.71. The van der Waals surface area contributed by atoms with E-state index in [4.69, 9.17) is 4.74 Å². The largest absolute Gasteiger partial charge is 0.504 e. The van der Waals surface area contributed by atoms with E-state index < -0.39 is 0 Å². The Bertz CT molecular complexity index is 544. The highest BCUT2D eigenvalue weighted by molar-refractivity contribution is 5.83. The number of amides is 1. The van der Waals surface area contributed by atoms with Crippen LogP contribution in [-0.4, -0.2) is 23.8 Å². The van der Waals surface area contributed by atoms with Crippen LogP contribution < -0.4 is 10.2 Å². The highest BCUT2D eigenvalue weighted by Crippen LogP contribution is 2.26. The summed E-state index contributed by atoms with van der Waals surface area (Å²) in [6.45, 7) is 4.56. The van der Waals surface area contributed by atoms with Crippen molar-refractivity contribution >= 4 is 12.1 Å². The molecule has 0 aliphatic carbocycles. The van der Waals surface area contributed by atoms with Crippen molar-refractivity contribution in [2.75, 3.05) is 6.61 Å². The first-order valence-electron chi connectivity index (χ1n) is 9.95. The van der Waals surface area contributed by atoms with Crippen LogP contribution in [0.2, 0.25) is 0 Å². The van der Waals surface area contributed by atoms with E-state index in [9.17, 15) is 9.90 Å². The van der Waals surface area contributed by atoms with Crippen molar-refractivity contribution < 1.29 is 14.6 Å². The van der Waals surface area contributed by atoms with Gasteiger partial charge in [-0.15, -0.1) is 0 Å². The molecule has 0 radical (unpaired) electrons. The highest BCUT2D eigenvalue weighted by atomic mass is 16.5. The van der Waals surface area contributed by atoms with Gasteiger partial charge in [0.05, 0.1) is 12.8 Å². The van der Waals surface area contributed by atoms with Crippen LogP contribution in [-0.2, 0) is 4.79 Å². The van der Waals surface area contributed by atoms with E-state index in [-0.39, 0.29) is 11.7 Å². The normalized spacial score (nSPS) is 11.0. The summed E-state index contributed by atoms with van der Waals surface area (Å²) >= 11 is 0. The summed E-state index contributed by atoms with van der Waals surface area (Å²) in [6, 6.07) is 4.96. The number of carbonyl (C=O) groups is 1. The van der Waals surface area contributed by atoms with Gasteiger partial charge < -0.3 is 9.84 Å². The Morgan fingerprint density at radius 3 is 2.38 bits per heavy atom. The number of rotatable bonds is 14. The van der Waals surface area contributed by atoms with Crippen LogP contribution in [0.5, 0.6) is 11.5 Å². The van der Waals surface area contributed by atoms with E-state index in [0.29, 0.717) is 18.8 Å². The summed E-state index contributed by atoms with van der Waals surface area (Å²) in [6.07, 6.45) is 13.2. The first-order chi connectivity index (χ1) is 12.7. The van der Waals surface area contributed by atoms with E-state index in [1.54, 1.807) is 24.4 Å². The standard InChI is InChI=1S/C21H34N2O3/c1-3-5-6-7-8-9-10-11-12-13-21(25)23-22-17-18-14-15-19(24)20(16-18)26-4-2/h14-17,24H,3-13H2,1-2H3,(H,23,25). The first-order valence-corrected chi connectivity index (χ1v) is 9.95. The Kier molecular flexibility index (Phi) is 12.0. The van der Waals surface area contributed by atoms with Gasteiger partial charge in [0.2, 0.25) is 5.91 Å². The molecular weight excluding hydrogens is 328 g/mol. The topological polar surface area (TPSA) is 70.9 Å². The molecule has 0 spiro atoms. The molecule has 146 valence electrons. The molecule has 0 atom stereocenters. The zero-order valence-electron chi connectivity index (χ0n) is 16.3. The Labute approximate surface area is 157 Å². The number of phenols is 1. The number of nitrogens with zero attached hydrogens (tertiary/aromatic N) is 1. The SMILES string of the molecule is CCCCCCCCCCCC(=O)NN=Cc1ccc(O)c(OCC)c1. The minimum atomic E-state index is -0.0620. The Morgan fingerprint density at radius 1 is 1.08 bits per heavy atom. The van der Waals surface area contributed by atoms with Crippen LogP contribution in [0.1, 0.15) is 83.6 Å². The van der Waals surface area contributed by atoms with Gasteiger partial charge in [-0.05, 0) is 37.1 Å². The summed E-state index contributed by atoms with van der Waals surface area (Å²) in [5, 5.41) is 13.6. The van der Waals surface area contributed by atoms with E-state index in [1.807, 2.05) is 6.92 Å². The van der Waals surface area contributed by atoms with Gasteiger partial charge in [0.1, 0.15) is 0 Å². The second-order valence-corrected chi connectivity index (χ2v) is 6.53. The average molecular weight is 363 g/mol. The summed E-state index contributed by atoms with van der Waals surface area (Å²) in [5.74, 6) is 0.448. The zero-order valence-corrected chi connectivity index (χ0v) is 16.3. The van der Waals surface area contributed by atoms with Crippen molar-refractivity contribution in [3.63, 3.8) is 0 Å². The summed E-state index contributed by atoms with van der Waals surface area (Å²) in [4.78, 5) is 11.8. The van der Waals surface area contributed by atoms with Crippen LogP contribution in [0.4, 0.5) is 0 Å². The van der Waals surface area contributed by atoms with E-state index >= 15 is 0 Å². The number of aromatic hydroxyl groups is 1. The van der Waals surface area contributed by atoms with Crippen molar-refractivity contribution in [1.82, 2.24) is 5.43 Å². The predicted octanol–water partition coefficient (Wildman–Crippen LogP) is 5.16. The molecule has 5 nitrogen and oxygen atoms in total. The van der Waals surface area contributed by atoms with E-state index in [0.717, 1.165) is 18.4 Å². The number of ether oxygens (including phenoxy) is 1. The van der Waals surface area contributed by atoms with Crippen molar-refractivity contribution in [1.29, 1.82) is 0 Å².